The van der Waals surface area contributed by atoms with Gasteiger partial charge in [0.1, 0.15) is 0 Å². The first kappa shape index (κ1) is 7.98. The van der Waals surface area contributed by atoms with E-state index in [0.29, 0.717) is 5.69 Å². The second kappa shape index (κ2) is 2.86. The zero-order valence-corrected chi connectivity index (χ0v) is 6.58. The Balaban J connectivity index is 3.09. The number of pyridine rings is 1. The Morgan fingerprint density at radius 2 is 2.09 bits per heavy atom. The molecule has 0 unspecified atom stereocenters. The normalized spacial score (nSPS) is 10.5. The molecule has 0 aliphatic rings. The lowest BCUT2D eigenvalue weighted by molar-refractivity contribution is -0.911. The summed E-state index contributed by atoms with van der Waals surface area (Å²) in [4.78, 5) is 0. The molecular formula is C8H11FNO+. The van der Waals surface area contributed by atoms with Crippen molar-refractivity contribution in [1.29, 1.82) is 0 Å². The molecule has 1 N–H and O–H groups in total. The minimum Gasteiger partial charge on any atom is -0.285 e. The molecule has 11 heavy (non-hydrogen) atoms. The molecule has 3 heteroatoms. The third-order valence-corrected chi connectivity index (χ3v) is 1.52. The fraction of sp³-hybridized carbons (Fsp3) is 0.375. The summed E-state index contributed by atoms with van der Waals surface area (Å²) in [5.74, 6) is -0.238. The Hall–Kier alpha value is -1.12. The standard InChI is InChI=1S/C8H11FNO/c1-6(2)8-4-3-7(9)5-10(8)11/h3-6,11H,1-2H3/q+1. The van der Waals surface area contributed by atoms with Crippen LogP contribution >= 0.6 is 0 Å². The number of aromatic nitrogens is 1. The van der Waals surface area contributed by atoms with Crippen molar-refractivity contribution < 1.29 is 14.3 Å². The maximum absolute atomic E-state index is 12.4. The lowest BCUT2D eigenvalue weighted by Crippen LogP contribution is -2.35. The van der Waals surface area contributed by atoms with Crippen molar-refractivity contribution in [2.45, 2.75) is 19.8 Å². The highest BCUT2D eigenvalue weighted by molar-refractivity contribution is 5.02. The van der Waals surface area contributed by atoms with Crippen LogP contribution in [0.1, 0.15) is 25.5 Å². The summed E-state index contributed by atoms with van der Waals surface area (Å²) in [6.45, 7) is 3.86. The van der Waals surface area contributed by atoms with Gasteiger partial charge in [0.25, 0.3) is 6.20 Å². The second-order valence-electron chi connectivity index (χ2n) is 2.77. The number of nitrogens with zero attached hydrogens (tertiary/aromatic N) is 1. The van der Waals surface area contributed by atoms with Crippen LogP contribution < -0.4 is 4.73 Å². The first-order valence-corrected chi connectivity index (χ1v) is 3.51. The third kappa shape index (κ3) is 1.67. The summed E-state index contributed by atoms with van der Waals surface area (Å²) in [5, 5.41) is 9.14. The SMILES string of the molecule is CC(C)c1ccc(F)c[n+]1O. The van der Waals surface area contributed by atoms with Gasteiger partial charge in [-0.05, 0) is 6.07 Å². The Bertz CT molecular complexity index is 260. The molecule has 0 fully saturated rings. The summed E-state index contributed by atoms with van der Waals surface area (Å²) < 4.78 is 13.2. The van der Waals surface area contributed by atoms with Crippen LogP contribution in [0.25, 0.3) is 0 Å². The summed E-state index contributed by atoms with van der Waals surface area (Å²) in [6, 6.07) is 2.90. The van der Waals surface area contributed by atoms with Crippen LogP contribution in [0.5, 0.6) is 0 Å². The lowest BCUT2D eigenvalue weighted by atomic mass is 10.1. The van der Waals surface area contributed by atoms with E-state index >= 15 is 0 Å². The molecule has 1 heterocycles. The van der Waals surface area contributed by atoms with Gasteiger partial charge in [0.05, 0.1) is 0 Å². The predicted molar refractivity (Wildman–Crippen MR) is 37.9 cm³/mol. The number of hydrogen-bond acceptors (Lipinski definition) is 1. The van der Waals surface area contributed by atoms with E-state index in [4.69, 9.17) is 5.21 Å². The zero-order valence-electron chi connectivity index (χ0n) is 6.58. The Morgan fingerprint density at radius 1 is 1.45 bits per heavy atom. The van der Waals surface area contributed by atoms with Crippen molar-refractivity contribution in [3.05, 3.63) is 29.8 Å². The topological polar surface area (TPSA) is 24.1 Å². The first-order chi connectivity index (χ1) is 5.11. The minimum absolute atomic E-state index is 0.195. The quantitative estimate of drug-likeness (QED) is 0.483. The molecule has 0 amide bonds. The van der Waals surface area contributed by atoms with Crippen LogP contribution in [0.2, 0.25) is 0 Å². The summed E-state index contributed by atoms with van der Waals surface area (Å²) in [7, 11) is 0. The van der Waals surface area contributed by atoms with Crippen LogP contribution in [0.15, 0.2) is 18.3 Å². The molecular weight excluding hydrogens is 145 g/mol. The largest absolute Gasteiger partial charge is 0.285 e. The average molecular weight is 156 g/mol. The Morgan fingerprint density at radius 3 is 2.55 bits per heavy atom. The Kier molecular flexibility index (Phi) is 2.08. The monoisotopic (exact) mass is 156 g/mol. The van der Waals surface area contributed by atoms with Crippen LogP contribution in [0, 0.1) is 5.82 Å². The maximum Gasteiger partial charge on any atom is 0.258 e. The van der Waals surface area contributed by atoms with Gasteiger partial charge in [0, 0.05) is 16.7 Å². The molecule has 0 saturated carbocycles. The van der Waals surface area contributed by atoms with Crippen molar-refractivity contribution in [3.63, 3.8) is 0 Å². The van der Waals surface area contributed by atoms with Gasteiger partial charge in [-0.25, -0.2) is 4.39 Å². The van der Waals surface area contributed by atoms with Crippen LogP contribution in [0.4, 0.5) is 4.39 Å². The van der Waals surface area contributed by atoms with Gasteiger partial charge < -0.3 is 0 Å². The fourth-order valence-corrected chi connectivity index (χ4v) is 0.933. The highest BCUT2D eigenvalue weighted by atomic mass is 19.1. The molecule has 0 spiro atoms. The second-order valence-corrected chi connectivity index (χ2v) is 2.77. The Labute approximate surface area is 64.9 Å². The molecule has 0 bridgehead atoms. The van der Waals surface area contributed by atoms with Crippen molar-refractivity contribution in [2.24, 2.45) is 0 Å². The molecule has 0 aliphatic heterocycles. The van der Waals surface area contributed by atoms with Gasteiger partial charge in [0.15, 0.2) is 5.82 Å². The van der Waals surface area contributed by atoms with Gasteiger partial charge in [-0.2, -0.15) is 0 Å². The van der Waals surface area contributed by atoms with E-state index in [1.165, 1.54) is 6.07 Å². The van der Waals surface area contributed by atoms with E-state index in [-0.39, 0.29) is 5.92 Å². The van der Waals surface area contributed by atoms with Crippen LogP contribution in [-0.4, -0.2) is 5.21 Å². The number of hydrogen-bond donors (Lipinski definition) is 1. The lowest BCUT2D eigenvalue weighted by Gasteiger charge is -1.98. The van der Waals surface area contributed by atoms with Gasteiger partial charge >= 0.3 is 0 Å². The highest BCUT2D eigenvalue weighted by Crippen LogP contribution is 2.08. The van der Waals surface area contributed by atoms with Gasteiger partial charge in [-0.1, -0.05) is 13.8 Å². The molecule has 1 aromatic heterocycles. The van der Waals surface area contributed by atoms with E-state index < -0.39 is 5.82 Å². The average Bonchev–Trinajstić information content (AvgIpc) is 1.85. The predicted octanol–water partition coefficient (Wildman–Crippen LogP) is 1.47. The molecule has 1 rings (SSSR count). The van der Waals surface area contributed by atoms with E-state index in [9.17, 15) is 4.39 Å². The molecule has 2 nitrogen and oxygen atoms in total. The van der Waals surface area contributed by atoms with Crippen LogP contribution in [-0.2, 0) is 0 Å². The third-order valence-electron chi connectivity index (χ3n) is 1.52. The summed E-state index contributed by atoms with van der Waals surface area (Å²) >= 11 is 0. The van der Waals surface area contributed by atoms with Gasteiger partial charge in [-0.3, -0.25) is 5.21 Å². The smallest absolute Gasteiger partial charge is 0.258 e. The zero-order chi connectivity index (χ0) is 8.43. The first-order valence-electron chi connectivity index (χ1n) is 3.51. The summed E-state index contributed by atoms with van der Waals surface area (Å²) in [6.07, 6.45) is 1.05. The van der Waals surface area contributed by atoms with E-state index in [1.54, 1.807) is 6.07 Å². The number of rotatable bonds is 1. The van der Waals surface area contributed by atoms with Gasteiger partial charge in [-0.15, -0.1) is 0 Å². The maximum atomic E-state index is 12.4. The number of halogens is 1. The van der Waals surface area contributed by atoms with Crippen molar-refractivity contribution >= 4 is 0 Å². The molecule has 0 saturated heterocycles. The summed E-state index contributed by atoms with van der Waals surface area (Å²) in [5.41, 5.74) is 0.700. The molecule has 0 aromatic carbocycles. The molecule has 1 aromatic rings. The molecule has 0 radical (unpaired) electrons. The van der Waals surface area contributed by atoms with Crippen molar-refractivity contribution in [1.82, 2.24) is 0 Å². The van der Waals surface area contributed by atoms with Crippen molar-refractivity contribution in [3.8, 4) is 0 Å². The molecule has 0 aliphatic carbocycles. The van der Waals surface area contributed by atoms with Crippen molar-refractivity contribution in [2.75, 3.05) is 0 Å². The minimum atomic E-state index is -0.433. The fourth-order valence-electron chi connectivity index (χ4n) is 0.933. The molecule has 60 valence electrons. The van der Waals surface area contributed by atoms with E-state index in [0.717, 1.165) is 10.9 Å². The van der Waals surface area contributed by atoms with E-state index in [2.05, 4.69) is 0 Å². The van der Waals surface area contributed by atoms with Crippen LogP contribution in [0.3, 0.4) is 0 Å². The van der Waals surface area contributed by atoms with Gasteiger partial charge in [0.2, 0.25) is 5.69 Å². The molecule has 0 atom stereocenters. The van der Waals surface area contributed by atoms with E-state index in [1.807, 2.05) is 13.8 Å². The highest BCUT2D eigenvalue weighted by Gasteiger charge is 2.14.